The predicted molar refractivity (Wildman–Crippen MR) is 68.7 cm³/mol. The number of halogens is 1. The molecule has 0 spiro atoms. The zero-order valence-electron chi connectivity index (χ0n) is 10.2. The van der Waals surface area contributed by atoms with E-state index in [4.69, 9.17) is 11.6 Å². The Kier molecular flexibility index (Phi) is 5.26. The number of benzene rings is 1. The van der Waals surface area contributed by atoms with Gasteiger partial charge in [-0.1, -0.05) is 23.7 Å². The Morgan fingerprint density at radius 1 is 1.31 bits per heavy atom. The summed E-state index contributed by atoms with van der Waals surface area (Å²) in [6, 6.07) is 8.27. The summed E-state index contributed by atoms with van der Waals surface area (Å²) < 4.78 is 0. The Labute approximate surface area is 103 Å². The molecule has 90 valence electrons. The standard InChI is InChI=1S/C13H20ClNO/c1-10(2)15(8-11(3)16)9-12-5-4-6-13(14)7-12/h4-7,10-11,16H,8-9H2,1-3H3. The van der Waals surface area contributed by atoms with E-state index in [0.717, 1.165) is 11.6 Å². The van der Waals surface area contributed by atoms with Gasteiger partial charge in [-0.25, -0.2) is 0 Å². The highest BCUT2D eigenvalue weighted by molar-refractivity contribution is 6.30. The van der Waals surface area contributed by atoms with E-state index in [1.807, 2.05) is 25.1 Å². The lowest BCUT2D eigenvalue weighted by Gasteiger charge is -2.27. The first-order valence-corrected chi connectivity index (χ1v) is 6.03. The van der Waals surface area contributed by atoms with Crippen LogP contribution in [0.2, 0.25) is 5.02 Å². The first kappa shape index (κ1) is 13.5. The summed E-state index contributed by atoms with van der Waals surface area (Å²) in [7, 11) is 0. The molecule has 0 saturated carbocycles. The van der Waals surface area contributed by atoms with Crippen LogP contribution >= 0.6 is 11.6 Å². The Morgan fingerprint density at radius 2 is 2.00 bits per heavy atom. The lowest BCUT2D eigenvalue weighted by Crippen LogP contribution is -2.36. The first-order chi connectivity index (χ1) is 7.49. The molecule has 1 N–H and O–H groups in total. The van der Waals surface area contributed by atoms with Crippen LogP contribution in [0.15, 0.2) is 24.3 Å². The molecule has 0 saturated heterocycles. The summed E-state index contributed by atoms with van der Waals surface area (Å²) in [5.41, 5.74) is 1.18. The van der Waals surface area contributed by atoms with Crippen LogP contribution < -0.4 is 0 Å². The van der Waals surface area contributed by atoms with Gasteiger partial charge >= 0.3 is 0 Å². The number of aliphatic hydroxyl groups excluding tert-OH is 1. The third-order valence-corrected chi connectivity index (χ3v) is 2.74. The van der Waals surface area contributed by atoms with Crippen LogP contribution in [0.5, 0.6) is 0 Å². The van der Waals surface area contributed by atoms with E-state index in [2.05, 4.69) is 24.8 Å². The molecule has 0 aliphatic rings. The van der Waals surface area contributed by atoms with Crippen molar-refractivity contribution in [2.45, 2.75) is 39.5 Å². The molecule has 0 aliphatic heterocycles. The van der Waals surface area contributed by atoms with Crippen molar-refractivity contribution in [1.82, 2.24) is 4.90 Å². The fraction of sp³-hybridized carbons (Fsp3) is 0.538. The van der Waals surface area contributed by atoms with Crippen molar-refractivity contribution in [3.05, 3.63) is 34.9 Å². The highest BCUT2D eigenvalue weighted by atomic mass is 35.5. The third kappa shape index (κ3) is 4.52. The van der Waals surface area contributed by atoms with Crippen LogP contribution in [0.25, 0.3) is 0 Å². The number of hydrogen-bond donors (Lipinski definition) is 1. The molecule has 1 aromatic carbocycles. The van der Waals surface area contributed by atoms with E-state index in [1.54, 1.807) is 0 Å². The van der Waals surface area contributed by atoms with Gasteiger partial charge in [-0.2, -0.15) is 0 Å². The smallest absolute Gasteiger partial charge is 0.0639 e. The molecule has 1 unspecified atom stereocenters. The second-order valence-corrected chi connectivity index (χ2v) is 4.94. The minimum atomic E-state index is -0.304. The first-order valence-electron chi connectivity index (χ1n) is 5.65. The maximum absolute atomic E-state index is 9.44. The van der Waals surface area contributed by atoms with Crippen molar-refractivity contribution in [3.8, 4) is 0 Å². The average molecular weight is 242 g/mol. The third-order valence-electron chi connectivity index (χ3n) is 2.50. The van der Waals surface area contributed by atoms with Crippen molar-refractivity contribution < 1.29 is 5.11 Å². The number of hydrogen-bond acceptors (Lipinski definition) is 2. The predicted octanol–water partition coefficient (Wildman–Crippen LogP) is 2.93. The minimum absolute atomic E-state index is 0.304. The summed E-state index contributed by atoms with van der Waals surface area (Å²) >= 11 is 5.95. The molecule has 0 heterocycles. The Morgan fingerprint density at radius 3 is 2.50 bits per heavy atom. The summed E-state index contributed by atoms with van der Waals surface area (Å²) in [6.45, 7) is 7.58. The summed E-state index contributed by atoms with van der Waals surface area (Å²) in [5.74, 6) is 0. The Bertz CT molecular complexity index is 325. The number of rotatable bonds is 5. The maximum atomic E-state index is 9.44. The molecule has 1 rings (SSSR count). The van der Waals surface area contributed by atoms with Crippen LogP contribution in [0.4, 0.5) is 0 Å². The van der Waals surface area contributed by atoms with Crippen molar-refractivity contribution >= 4 is 11.6 Å². The molecular weight excluding hydrogens is 222 g/mol. The molecule has 2 nitrogen and oxygen atoms in total. The van der Waals surface area contributed by atoms with E-state index < -0.39 is 0 Å². The molecule has 0 aromatic heterocycles. The van der Waals surface area contributed by atoms with Gasteiger partial charge in [0.1, 0.15) is 0 Å². The summed E-state index contributed by atoms with van der Waals surface area (Å²) in [5, 5.41) is 10.2. The highest BCUT2D eigenvalue weighted by Gasteiger charge is 2.12. The molecule has 1 atom stereocenters. The summed E-state index contributed by atoms with van der Waals surface area (Å²) in [6.07, 6.45) is -0.304. The molecule has 16 heavy (non-hydrogen) atoms. The van der Waals surface area contributed by atoms with Gasteiger partial charge < -0.3 is 5.11 Å². The van der Waals surface area contributed by atoms with E-state index >= 15 is 0 Å². The second-order valence-electron chi connectivity index (χ2n) is 4.50. The van der Waals surface area contributed by atoms with Gasteiger partial charge in [0.05, 0.1) is 6.10 Å². The van der Waals surface area contributed by atoms with Gasteiger partial charge in [-0.3, -0.25) is 4.90 Å². The van der Waals surface area contributed by atoms with Crippen LogP contribution in [0.3, 0.4) is 0 Å². The summed E-state index contributed by atoms with van der Waals surface area (Å²) in [4.78, 5) is 2.23. The molecular formula is C13H20ClNO. The fourth-order valence-electron chi connectivity index (χ4n) is 1.67. The van der Waals surface area contributed by atoms with E-state index in [-0.39, 0.29) is 6.10 Å². The molecule has 0 bridgehead atoms. The van der Waals surface area contributed by atoms with E-state index in [1.165, 1.54) is 5.56 Å². The quantitative estimate of drug-likeness (QED) is 0.857. The Balaban J connectivity index is 2.68. The van der Waals surface area contributed by atoms with Crippen molar-refractivity contribution in [2.75, 3.05) is 6.54 Å². The lowest BCUT2D eigenvalue weighted by molar-refractivity contribution is 0.103. The van der Waals surface area contributed by atoms with Crippen LogP contribution in [0.1, 0.15) is 26.3 Å². The number of nitrogens with zero attached hydrogens (tertiary/aromatic N) is 1. The fourth-order valence-corrected chi connectivity index (χ4v) is 1.88. The SMILES string of the molecule is CC(O)CN(Cc1cccc(Cl)c1)C(C)C. The zero-order valence-corrected chi connectivity index (χ0v) is 10.9. The lowest BCUT2D eigenvalue weighted by atomic mass is 10.2. The van der Waals surface area contributed by atoms with Crippen molar-refractivity contribution in [2.24, 2.45) is 0 Å². The van der Waals surface area contributed by atoms with Crippen LogP contribution in [-0.4, -0.2) is 28.7 Å². The van der Waals surface area contributed by atoms with Gasteiger partial charge in [0.25, 0.3) is 0 Å². The normalized spacial score (nSPS) is 13.4. The minimum Gasteiger partial charge on any atom is -0.392 e. The molecule has 0 amide bonds. The average Bonchev–Trinajstić information content (AvgIpc) is 2.15. The van der Waals surface area contributed by atoms with Crippen LogP contribution in [0, 0.1) is 0 Å². The maximum Gasteiger partial charge on any atom is 0.0639 e. The topological polar surface area (TPSA) is 23.5 Å². The van der Waals surface area contributed by atoms with E-state index in [9.17, 15) is 5.11 Å². The molecule has 1 aromatic rings. The molecule has 0 aliphatic carbocycles. The molecule has 3 heteroatoms. The van der Waals surface area contributed by atoms with Crippen molar-refractivity contribution in [3.63, 3.8) is 0 Å². The van der Waals surface area contributed by atoms with Gasteiger partial charge in [-0.05, 0) is 38.5 Å². The largest absolute Gasteiger partial charge is 0.392 e. The second kappa shape index (κ2) is 6.24. The van der Waals surface area contributed by atoms with Gasteiger partial charge in [-0.15, -0.1) is 0 Å². The zero-order chi connectivity index (χ0) is 12.1. The van der Waals surface area contributed by atoms with Gasteiger partial charge in [0.15, 0.2) is 0 Å². The van der Waals surface area contributed by atoms with Crippen LogP contribution in [-0.2, 0) is 6.54 Å². The van der Waals surface area contributed by atoms with E-state index in [0.29, 0.717) is 12.6 Å². The van der Waals surface area contributed by atoms with Gasteiger partial charge in [0, 0.05) is 24.2 Å². The molecule has 0 radical (unpaired) electrons. The number of aliphatic hydroxyl groups is 1. The van der Waals surface area contributed by atoms with Gasteiger partial charge in [0.2, 0.25) is 0 Å². The Hall–Kier alpha value is -0.570. The van der Waals surface area contributed by atoms with Crippen molar-refractivity contribution in [1.29, 1.82) is 0 Å². The monoisotopic (exact) mass is 241 g/mol. The highest BCUT2D eigenvalue weighted by Crippen LogP contribution is 2.14. The molecule has 0 fully saturated rings.